The van der Waals surface area contributed by atoms with Crippen LogP contribution in [-0.2, 0) is 9.47 Å². The Balaban J connectivity index is 1.87. The van der Waals surface area contributed by atoms with Crippen molar-refractivity contribution in [3.05, 3.63) is 25.4 Å². The SMILES string of the molecule is CSC1=C(SCCOCCO)S/C(=C2/SC(SC)=C(SCCOCCO)S2)S1. The number of ether oxygens (including phenoxy) is 2. The normalized spacial score (nSPS) is 20.1. The van der Waals surface area contributed by atoms with Gasteiger partial charge in [0, 0.05) is 11.5 Å². The number of hydrogen-bond donors (Lipinski definition) is 2. The van der Waals surface area contributed by atoms with E-state index in [-0.39, 0.29) is 13.2 Å². The van der Waals surface area contributed by atoms with Gasteiger partial charge in [-0.1, -0.05) is 47.0 Å². The summed E-state index contributed by atoms with van der Waals surface area (Å²) < 4.78 is 18.9. The highest BCUT2D eigenvalue weighted by atomic mass is 32.3. The molecule has 0 amide bonds. The number of aliphatic hydroxyl groups is 2. The van der Waals surface area contributed by atoms with Crippen LogP contribution in [0.25, 0.3) is 0 Å². The lowest BCUT2D eigenvalue weighted by Crippen LogP contribution is -2.02. The second-order valence-corrected chi connectivity index (χ2v) is 14.4. The van der Waals surface area contributed by atoms with Gasteiger partial charge in [-0.3, -0.25) is 0 Å². The van der Waals surface area contributed by atoms with E-state index in [2.05, 4.69) is 12.5 Å². The summed E-state index contributed by atoms with van der Waals surface area (Å²) in [6, 6.07) is 0. The Kier molecular flexibility index (Phi) is 14.6. The van der Waals surface area contributed by atoms with Crippen molar-refractivity contribution in [2.24, 2.45) is 0 Å². The van der Waals surface area contributed by atoms with Crippen molar-refractivity contribution in [1.82, 2.24) is 0 Å². The van der Waals surface area contributed by atoms with E-state index in [0.717, 1.165) is 11.5 Å². The summed E-state index contributed by atoms with van der Waals surface area (Å²) in [7, 11) is 0. The molecule has 2 aliphatic heterocycles. The van der Waals surface area contributed by atoms with Crippen LogP contribution in [0.2, 0.25) is 0 Å². The zero-order chi connectivity index (χ0) is 20.2. The van der Waals surface area contributed by atoms with Crippen molar-refractivity contribution >= 4 is 94.1 Å². The van der Waals surface area contributed by atoms with Gasteiger partial charge >= 0.3 is 0 Å². The quantitative estimate of drug-likeness (QED) is 0.274. The van der Waals surface area contributed by atoms with Gasteiger partial charge in [-0.25, -0.2) is 0 Å². The van der Waals surface area contributed by atoms with E-state index >= 15 is 0 Å². The van der Waals surface area contributed by atoms with Crippen LogP contribution in [0.3, 0.4) is 0 Å². The van der Waals surface area contributed by atoms with Crippen molar-refractivity contribution in [3.8, 4) is 0 Å². The predicted molar refractivity (Wildman–Crippen MR) is 139 cm³/mol. The fraction of sp³-hybridized carbons (Fsp3) is 0.625. The van der Waals surface area contributed by atoms with Gasteiger partial charge in [-0.15, -0.1) is 47.0 Å². The highest BCUT2D eigenvalue weighted by Crippen LogP contribution is 2.65. The second kappa shape index (κ2) is 15.6. The van der Waals surface area contributed by atoms with Crippen LogP contribution in [0.15, 0.2) is 25.4 Å². The number of hydrogen-bond acceptors (Lipinski definition) is 12. The molecule has 0 saturated heterocycles. The topological polar surface area (TPSA) is 58.9 Å². The van der Waals surface area contributed by atoms with Gasteiger partial charge < -0.3 is 19.7 Å². The highest BCUT2D eigenvalue weighted by Gasteiger charge is 2.30. The summed E-state index contributed by atoms with van der Waals surface area (Å²) in [6.07, 6.45) is 4.26. The molecular formula is C16H24O4S8. The Labute approximate surface area is 201 Å². The molecule has 28 heavy (non-hydrogen) atoms. The average Bonchev–Trinajstić information content (AvgIpc) is 3.31. The van der Waals surface area contributed by atoms with Crippen molar-refractivity contribution < 1.29 is 19.7 Å². The smallest absolute Gasteiger partial charge is 0.0717 e. The lowest BCUT2D eigenvalue weighted by atomic mass is 10.7. The molecule has 0 fully saturated rings. The van der Waals surface area contributed by atoms with E-state index in [9.17, 15) is 0 Å². The van der Waals surface area contributed by atoms with E-state index in [1.54, 1.807) is 23.5 Å². The minimum atomic E-state index is 0.0808. The summed E-state index contributed by atoms with van der Waals surface area (Å²) in [5.41, 5.74) is 0. The fourth-order valence-corrected chi connectivity index (χ4v) is 12.9. The molecule has 2 heterocycles. The van der Waals surface area contributed by atoms with Crippen LogP contribution in [0.5, 0.6) is 0 Å². The Hall–Kier alpha value is 1.86. The predicted octanol–water partition coefficient (Wildman–Crippen LogP) is 5.54. The van der Waals surface area contributed by atoms with E-state index in [0.29, 0.717) is 26.4 Å². The van der Waals surface area contributed by atoms with Gasteiger partial charge in [0.1, 0.15) is 0 Å². The molecule has 2 rings (SSSR count). The van der Waals surface area contributed by atoms with Crippen LogP contribution >= 0.6 is 94.1 Å². The third-order valence-electron chi connectivity index (χ3n) is 3.01. The second-order valence-electron chi connectivity index (χ2n) is 4.91. The first kappa shape index (κ1) is 26.1. The van der Waals surface area contributed by atoms with E-state index in [4.69, 9.17) is 19.7 Å². The third kappa shape index (κ3) is 8.78. The summed E-state index contributed by atoms with van der Waals surface area (Å²) in [5, 5.41) is 17.6. The first-order valence-electron chi connectivity index (χ1n) is 8.38. The maximum Gasteiger partial charge on any atom is 0.0717 e. The molecule has 0 bridgehead atoms. The van der Waals surface area contributed by atoms with E-state index in [1.807, 2.05) is 70.6 Å². The minimum absolute atomic E-state index is 0.0808. The molecule has 2 N–H and O–H groups in total. The molecule has 0 saturated carbocycles. The van der Waals surface area contributed by atoms with Crippen molar-refractivity contribution in [2.45, 2.75) is 0 Å². The zero-order valence-electron chi connectivity index (χ0n) is 15.6. The van der Waals surface area contributed by atoms with Gasteiger partial charge in [0.05, 0.1) is 65.1 Å². The molecular weight excluding hydrogens is 513 g/mol. The number of rotatable bonds is 14. The lowest BCUT2D eigenvalue weighted by molar-refractivity contribution is 0.103. The molecule has 12 heteroatoms. The molecule has 2 aliphatic rings. The van der Waals surface area contributed by atoms with Crippen molar-refractivity contribution in [2.75, 3.05) is 63.7 Å². The van der Waals surface area contributed by atoms with Crippen LogP contribution in [0.4, 0.5) is 0 Å². The largest absolute Gasteiger partial charge is 0.394 e. The third-order valence-corrected chi connectivity index (χ3v) is 14.2. The number of aliphatic hydroxyl groups excluding tert-OH is 2. The van der Waals surface area contributed by atoms with Gasteiger partial charge in [0.15, 0.2) is 0 Å². The van der Waals surface area contributed by atoms with Gasteiger partial charge in [0.25, 0.3) is 0 Å². The highest BCUT2D eigenvalue weighted by molar-refractivity contribution is 8.45. The molecule has 0 aromatic rings. The van der Waals surface area contributed by atoms with Crippen molar-refractivity contribution in [1.29, 1.82) is 0 Å². The summed E-state index contributed by atoms with van der Waals surface area (Å²) in [6.45, 7) is 2.31. The molecule has 0 aromatic heterocycles. The molecule has 160 valence electrons. The van der Waals surface area contributed by atoms with Crippen molar-refractivity contribution in [3.63, 3.8) is 0 Å². The first-order chi connectivity index (χ1) is 13.7. The standard InChI is InChI=1S/C16H24O4S8/c1-21-11-13(23-9-7-19-5-3-17)27-15(25-11)16-26-12(22-2)14(28-16)24-10-8-20-6-4-18/h17-18H,3-10H2,1-2H3/b16-15-. The average molecular weight is 537 g/mol. The lowest BCUT2D eigenvalue weighted by Gasteiger charge is -2.05. The molecule has 0 radical (unpaired) electrons. The van der Waals surface area contributed by atoms with Gasteiger partial charge in [0.2, 0.25) is 0 Å². The molecule has 0 atom stereocenters. The van der Waals surface area contributed by atoms with Gasteiger partial charge in [-0.05, 0) is 12.5 Å². The monoisotopic (exact) mass is 536 g/mol. The number of thioether (sulfide) groups is 8. The van der Waals surface area contributed by atoms with Gasteiger partial charge in [-0.2, -0.15) is 0 Å². The zero-order valence-corrected chi connectivity index (χ0v) is 22.2. The van der Waals surface area contributed by atoms with Crippen LogP contribution in [0.1, 0.15) is 0 Å². The molecule has 0 spiro atoms. The summed E-state index contributed by atoms with van der Waals surface area (Å²) in [5.74, 6) is 1.80. The molecule has 0 unspecified atom stereocenters. The molecule has 0 aliphatic carbocycles. The van der Waals surface area contributed by atoms with Crippen LogP contribution in [0, 0.1) is 0 Å². The summed E-state index contributed by atoms with van der Waals surface area (Å²) >= 11 is 14.8. The Morgan fingerprint density at radius 1 is 0.643 bits per heavy atom. The van der Waals surface area contributed by atoms with Crippen LogP contribution < -0.4 is 0 Å². The Morgan fingerprint density at radius 2 is 1.04 bits per heavy atom. The van der Waals surface area contributed by atoms with E-state index < -0.39 is 0 Å². The fourth-order valence-electron chi connectivity index (χ4n) is 1.86. The Morgan fingerprint density at radius 3 is 1.39 bits per heavy atom. The van der Waals surface area contributed by atoms with E-state index in [1.165, 1.54) is 25.4 Å². The minimum Gasteiger partial charge on any atom is -0.394 e. The maximum absolute atomic E-state index is 8.78. The van der Waals surface area contributed by atoms with Crippen LogP contribution in [-0.4, -0.2) is 73.9 Å². The first-order valence-corrected chi connectivity index (χ1v) is 16.1. The molecule has 4 nitrogen and oxygen atoms in total. The summed E-state index contributed by atoms with van der Waals surface area (Å²) in [4.78, 5) is 0. The Bertz CT molecular complexity index is 543. The maximum atomic E-state index is 8.78. The molecule has 0 aromatic carbocycles.